The summed E-state index contributed by atoms with van der Waals surface area (Å²) in [5, 5.41) is 0. The van der Waals surface area contributed by atoms with Gasteiger partial charge in [0.25, 0.3) is 5.92 Å². The summed E-state index contributed by atoms with van der Waals surface area (Å²) in [6.45, 7) is -1.27. The molecule has 0 spiro atoms. The number of hydrogen-bond donors (Lipinski definition) is 1. The van der Waals surface area contributed by atoms with E-state index in [0.717, 1.165) is 0 Å². The third-order valence-corrected chi connectivity index (χ3v) is 2.55. The Balaban J connectivity index is 2.30. The predicted molar refractivity (Wildman–Crippen MR) is 61.6 cm³/mol. The largest absolute Gasteiger partial charge is 0.325 e. The molecule has 0 fully saturated rings. The van der Waals surface area contributed by atoms with Crippen LogP contribution in [0.1, 0.15) is 0 Å². The Kier molecular flexibility index (Phi) is 3.38. The summed E-state index contributed by atoms with van der Waals surface area (Å²) in [7, 11) is 0. The van der Waals surface area contributed by atoms with Gasteiger partial charge in [-0.15, -0.1) is 0 Å². The van der Waals surface area contributed by atoms with E-state index < -0.39 is 19.0 Å². The first-order chi connectivity index (χ1) is 8.52. The topological polar surface area (TPSA) is 43.8 Å². The molecule has 0 aliphatic rings. The maximum atomic E-state index is 13.2. The van der Waals surface area contributed by atoms with Gasteiger partial charge in [0, 0.05) is 0 Å². The van der Waals surface area contributed by atoms with Crippen LogP contribution in [0.3, 0.4) is 0 Å². The van der Waals surface area contributed by atoms with E-state index in [4.69, 9.17) is 5.73 Å². The predicted octanol–water partition coefficient (Wildman–Crippen LogP) is 2.28. The lowest BCUT2D eigenvalue weighted by atomic mass is 10.1. The summed E-state index contributed by atoms with van der Waals surface area (Å²) in [5.41, 5.74) is 6.13. The van der Waals surface area contributed by atoms with E-state index >= 15 is 0 Å². The summed E-state index contributed by atoms with van der Waals surface area (Å²) >= 11 is 0. The molecule has 96 valence electrons. The zero-order chi connectivity index (χ0) is 13.2. The molecule has 0 aliphatic heterocycles. The number of halogens is 3. The van der Waals surface area contributed by atoms with Gasteiger partial charge in [0.2, 0.25) is 0 Å². The molecule has 0 unspecified atom stereocenters. The molecule has 1 aromatic heterocycles. The smallest absolute Gasteiger partial charge is 0.277 e. The second-order valence-electron chi connectivity index (χ2n) is 3.97. The van der Waals surface area contributed by atoms with Crippen LogP contribution in [-0.2, 0) is 6.54 Å². The Morgan fingerprint density at radius 1 is 1.22 bits per heavy atom. The summed E-state index contributed by atoms with van der Waals surface area (Å²) in [4.78, 5) is 3.83. The van der Waals surface area contributed by atoms with Crippen LogP contribution in [0.4, 0.5) is 13.2 Å². The molecule has 6 heteroatoms. The lowest BCUT2D eigenvalue weighted by molar-refractivity contribution is -0.00624. The number of alkyl halides is 2. The molecule has 0 amide bonds. The third-order valence-electron chi connectivity index (χ3n) is 2.55. The van der Waals surface area contributed by atoms with E-state index in [1.54, 1.807) is 0 Å². The molecule has 0 saturated carbocycles. The fourth-order valence-corrected chi connectivity index (χ4v) is 1.62. The first-order valence-corrected chi connectivity index (χ1v) is 5.36. The number of imidazole rings is 1. The minimum absolute atomic E-state index is 0.378. The number of nitrogens with zero attached hydrogens (tertiary/aromatic N) is 2. The molecular weight excluding hydrogens is 243 g/mol. The van der Waals surface area contributed by atoms with Gasteiger partial charge < -0.3 is 10.3 Å². The molecule has 3 nitrogen and oxygen atoms in total. The number of rotatable bonds is 4. The number of nitrogens with two attached hydrogens (primary N) is 1. The quantitative estimate of drug-likeness (QED) is 0.910. The van der Waals surface area contributed by atoms with Crippen LogP contribution < -0.4 is 5.73 Å². The summed E-state index contributed by atoms with van der Waals surface area (Å²) in [6, 6.07) is 5.58. The molecule has 2 rings (SSSR count). The Labute approximate surface area is 102 Å². The Hall–Kier alpha value is -1.82. The summed E-state index contributed by atoms with van der Waals surface area (Å²) in [5.74, 6) is -3.37. The molecule has 0 saturated heterocycles. The number of benzene rings is 1. The molecule has 1 aromatic carbocycles. The van der Waals surface area contributed by atoms with Crippen molar-refractivity contribution in [3.63, 3.8) is 0 Å². The average molecular weight is 255 g/mol. The van der Waals surface area contributed by atoms with Gasteiger partial charge in [-0.25, -0.2) is 18.2 Å². The average Bonchev–Trinajstić information content (AvgIpc) is 2.77. The maximum Gasteiger partial charge on any atom is 0.277 e. The normalized spacial score (nSPS) is 11.8. The molecule has 2 aromatic rings. The van der Waals surface area contributed by atoms with Crippen molar-refractivity contribution >= 4 is 0 Å². The lowest BCUT2D eigenvalue weighted by Gasteiger charge is -2.16. The van der Waals surface area contributed by atoms with Crippen LogP contribution in [0.2, 0.25) is 0 Å². The van der Waals surface area contributed by atoms with Crippen molar-refractivity contribution in [2.24, 2.45) is 5.73 Å². The standard InChI is InChI=1S/C12H12F3N3/c13-10-3-1-9(2-4-10)11-5-17-8-18(11)7-12(14,15)6-16/h1-5,8H,6-7,16H2. The lowest BCUT2D eigenvalue weighted by Crippen LogP contribution is -2.32. The van der Waals surface area contributed by atoms with E-state index in [1.807, 2.05) is 0 Å². The van der Waals surface area contributed by atoms with Crippen LogP contribution in [-0.4, -0.2) is 22.0 Å². The van der Waals surface area contributed by atoms with Crippen LogP contribution >= 0.6 is 0 Å². The van der Waals surface area contributed by atoms with Crippen molar-refractivity contribution in [2.75, 3.05) is 6.54 Å². The van der Waals surface area contributed by atoms with Crippen molar-refractivity contribution in [1.29, 1.82) is 0 Å². The molecule has 0 bridgehead atoms. The highest BCUT2D eigenvalue weighted by molar-refractivity contribution is 5.58. The van der Waals surface area contributed by atoms with Gasteiger partial charge in [-0.3, -0.25) is 0 Å². The zero-order valence-electron chi connectivity index (χ0n) is 9.48. The number of hydrogen-bond acceptors (Lipinski definition) is 2. The van der Waals surface area contributed by atoms with E-state index in [9.17, 15) is 13.2 Å². The Morgan fingerprint density at radius 3 is 2.50 bits per heavy atom. The van der Waals surface area contributed by atoms with E-state index in [-0.39, 0.29) is 5.82 Å². The van der Waals surface area contributed by atoms with E-state index in [2.05, 4.69) is 4.98 Å². The molecule has 0 radical (unpaired) electrons. The second kappa shape index (κ2) is 4.81. The zero-order valence-corrected chi connectivity index (χ0v) is 9.48. The second-order valence-corrected chi connectivity index (χ2v) is 3.97. The minimum Gasteiger partial charge on any atom is -0.325 e. The van der Waals surface area contributed by atoms with Gasteiger partial charge in [0.1, 0.15) is 5.82 Å². The SMILES string of the molecule is NCC(F)(F)Cn1cncc1-c1ccc(F)cc1. The van der Waals surface area contributed by atoms with Crippen LogP contribution in [0, 0.1) is 5.82 Å². The monoisotopic (exact) mass is 255 g/mol. The molecule has 18 heavy (non-hydrogen) atoms. The minimum atomic E-state index is -2.99. The summed E-state index contributed by atoms with van der Waals surface area (Å²) < 4.78 is 40.6. The van der Waals surface area contributed by atoms with Crippen LogP contribution in [0.5, 0.6) is 0 Å². The van der Waals surface area contributed by atoms with Gasteiger partial charge in [-0.2, -0.15) is 0 Å². The van der Waals surface area contributed by atoms with Gasteiger partial charge >= 0.3 is 0 Å². The van der Waals surface area contributed by atoms with Crippen molar-refractivity contribution in [3.05, 3.63) is 42.6 Å². The highest BCUT2D eigenvalue weighted by Gasteiger charge is 2.28. The fourth-order valence-electron chi connectivity index (χ4n) is 1.62. The first-order valence-electron chi connectivity index (χ1n) is 5.36. The Morgan fingerprint density at radius 2 is 1.89 bits per heavy atom. The van der Waals surface area contributed by atoms with Crippen LogP contribution in [0.15, 0.2) is 36.8 Å². The third kappa shape index (κ3) is 2.70. The van der Waals surface area contributed by atoms with Crippen molar-refractivity contribution in [3.8, 4) is 11.3 Å². The highest BCUT2D eigenvalue weighted by atomic mass is 19.3. The number of aromatic nitrogens is 2. The van der Waals surface area contributed by atoms with Gasteiger partial charge in [-0.1, -0.05) is 0 Å². The fraction of sp³-hybridized carbons (Fsp3) is 0.250. The van der Waals surface area contributed by atoms with Crippen molar-refractivity contribution < 1.29 is 13.2 Å². The summed E-state index contributed by atoms with van der Waals surface area (Å²) in [6.07, 6.45) is 2.77. The highest BCUT2D eigenvalue weighted by Crippen LogP contribution is 2.23. The van der Waals surface area contributed by atoms with E-state index in [0.29, 0.717) is 11.3 Å². The molecule has 0 atom stereocenters. The molecule has 1 heterocycles. The van der Waals surface area contributed by atoms with E-state index in [1.165, 1.54) is 41.4 Å². The Bertz CT molecular complexity index is 520. The molecule has 2 N–H and O–H groups in total. The van der Waals surface area contributed by atoms with Crippen LogP contribution in [0.25, 0.3) is 11.3 Å². The first kappa shape index (κ1) is 12.6. The molecular formula is C12H12F3N3. The van der Waals surface area contributed by atoms with Gasteiger partial charge in [0.15, 0.2) is 0 Å². The van der Waals surface area contributed by atoms with Crippen molar-refractivity contribution in [1.82, 2.24) is 9.55 Å². The molecule has 0 aliphatic carbocycles. The van der Waals surface area contributed by atoms with Gasteiger partial charge in [-0.05, 0) is 29.8 Å². The van der Waals surface area contributed by atoms with Crippen molar-refractivity contribution in [2.45, 2.75) is 12.5 Å². The van der Waals surface area contributed by atoms with Gasteiger partial charge in [0.05, 0.1) is 31.3 Å². The maximum absolute atomic E-state index is 13.2.